The van der Waals surface area contributed by atoms with Gasteiger partial charge in [0.15, 0.2) is 6.29 Å². The van der Waals surface area contributed by atoms with Gasteiger partial charge in [0.1, 0.15) is 29.6 Å². The van der Waals surface area contributed by atoms with Crippen LogP contribution in [0.1, 0.15) is 58.6 Å². The van der Waals surface area contributed by atoms with E-state index in [9.17, 15) is 19.2 Å². The lowest BCUT2D eigenvalue weighted by molar-refractivity contribution is -0.138. The van der Waals surface area contributed by atoms with Gasteiger partial charge in [-0.2, -0.15) is 0 Å². The van der Waals surface area contributed by atoms with Crippen molar-refractivity contribution < 1.29 is 53.1 Å². The molecule has 4 aromatic rings. The topological polar surface area (TPSA) is 158 Å². The van der Waals surface area contributed by atoms with E-state index in [0.717, 1.165) is 27.8 Å². The molecule has 282 valence electrons. The van der Waals surface area contributed by atoms with Crippen LogP contribution in [-0.2, 0) is 20.9 Å². The Bertz CT molecular complexity index is 1910. The number of carbonyl (C=O) groups excluding carboxylic acids is 2. The molecule has 12 nitrogen and oxygen atoms in total. The number of ether oxygens (including phenoxy) is 5. The predicted molar refractivity (Wildman–Crippen MR) is 200 cm³/mol. The lowest BCUT2D eigenvalue weighted by Gasteiger charge is -2.23. The highest BCUT2D eigenvalue weighted by molar-refractivity contribution is 5.80. The molecule has 0 heterocycles. The molecule has 0 aliphatic heterocycles. The number of aldehydes is 1. The van der Waals surface area contributed by atoms with Crippen molar-refractivity contribution in [1.29, 1.82) is 0 Å². The van der Waals surface area contributed by atoms with E-state index in [1.54, 1.807) is 36.4 Å². The van der Waals surface area contributed by atoms with Crippen molar-refractivity contribution in [2.45, 2.75) is 38.1 Å². The van der Waals surface area contributed by atoms with E-state index >= 15 is 0 Å². The third-order valence-corrected chi connectivity index (χ3v) is 8.44. The van der Waals surface area contributed by atoms with E-state index in [0.29, 0.717) is 54.3 Å². The Morgan fingerprint density at radius 3 is 1.83 bits per heavy atom. The molecule has 5 rings (SSSR count). The van der Waals surface area contributed by atoms with E-state index in [2.05, 4.69) is 30.2 Å². The van der Waals surface area contributed by atoms with Gasteiger partial charge in [0.2, 0.25) is 0 Å². The highest BCUT2D eigenvalue weighted by Gasteiger charge is 2.30. The van der Waals surface area contributed by atoms with E-state index in [1.165, 1.54) is 19.1 Å². The zero-order valence-corrected chi connectivity index (χ0v) is 30.2. The molecule has 54 heavy (non-hydrogen) atoms. The van der Waals surface area contributed by atoms with Crippen LogP contribution in [0, 0.1) is 12.3 Å². The number of nitrogens with zero attached hydrogens (tertiary/aromatic N) is 1. The first-order valence-corrected chi connectivity index (χ1v) is 17.2. The fraction of sp³-hybridized carbons (Fsp3) is 0.286. The molecule has 0 aromatic heterocycles. The maximum Gasteiger partial charge on any atom is 0.410 e. The lowest BCUT2D eigenvalue weighted by Crippen LogP contribution is -2.32. The molecule has 0 atom stereocenters. The van der Waals surface area contributed by atoms with Gasteiger partial charge in [0.05, 0.1) is 46.1 Å². The number of rotatable bonds is 18. The highest BCUT2D eigenvalue weighted by Crippen LogP contribution is 2.44. The van der Waals surface area contributed by atoms with E-state index < -0.39 is 18.0 Å². The van der Waals surface area contributed by atoms with Crippen molar-refractivity contribution in [2.24, 2.45) is 0 Å². The van der Waals surface area contributed by atoms with Crippen LogP contribution in [0.4, 0.5) is 4.79 Å². The summed E-state index contributed by atoms with van der Waals surface area (Å²) in [4.78, 5) is 46.2. The van der Waals surface area contributed by atoms with Crippen molar-refractivity contribution in [3.05, 3.63) is 107 Å². The fourth-order valence-electron chi connectivity index (χ4n) is 5.84. The molecule has 4 aromatic carbocycles. The molecule has 1 aliphatic rings. The van der Waals surface area contributed by atoms with Crippen molar-refractivity contribution in [3.8, 4) is 46.5 Å². The lowest BCUT2D eigenvalue weighted by atomic mass is 9.98. The van der Waals surface area contributed by atoms with Crippen LogP contribution in [-0.4, -0.2) is 80.0 Å². The maximum atomic E-state index is 13.1. The second kappa shape index (κ2) is 20.5. The first kappa shape index (κ1) is 40.3. The predicted octanol–water partition coefficient (Wildman–Crippen LogP) is 7.07. The largest absolute Gasteiger partial charge is 0.496 e. The van der Waals surface area contributed by atoms with E-state index in [4.69, 9.17) is 40.3 Å². The molecule has 12 heteroatoms. The molecule has 1 amide bonds. The summed E-state index contributed by atoms with van der Waals surface area (Å²) in [7, 11) is 3.00. The number of carboxylic acid groups (broad SMARTS) is 2. The van der Waals surface area contributed by atoms with E-state index in [1.807, 2.05) is 24.3 Å². The van der Waals surface area contributed by atoms with Gasteiger partial charge < -0.3 is 33.9 Å². The summed E-state index contributed by atoms with van der Waals surface area (Å²) >= 11 is 0. The summed E-state index contributed by atoms with van der Waals surface area (Å²) in [6.07, 6.45) is 6.70. The minimum Gasteiger partial charge on any atom is -0.496 e. The van der Waals surface area contributed by atoms with Crippen LogP contribution in [0.2, 0.25) is 0 Å². The zero-order valence-electron chi connectivity index (χ0n) is 30.2. The summed E-state index contributed by atoms with van der Waals surface area (Å²) in [6, 6.07) is 26.4. The second-order valence-electron chi connectivity index (χ2n) is 12.1. The molecular weight excluding hydrogens is 694 g/mol. The number of amides is 1. The molecule has 2 N–H and O–H groups in total. The van der Waals surface area contributed by atoms with Crippen LogP contribution >= 0.6 is 0 Å². The number of aliphatic carboxylic acids is 2. The number of carbonyl (C=O) groups is 4. The quantitative estimate of drug-likeness (QED) is 0.0611. The van der Waals surface area contributed by atoms with Crippen molar-refractivity contribution in [3.63, 3.8) is 0 Å². The normalized spacial score (nSPS) is 11.1. The third-order valence-electron chi connectivity index (χ3n) is 8.44. The van der Waals surface area contributed by atoms with E-state index in [-0.39, 0.29) is 45.1 Å². The summed E-state index contributed by atoms with van der Waals surface area (Å²) in [6.45, 7) is 1.07. The van der Waals surface area contributed by atoms with Gasteiger partial charge in [0, 0.05) is 36.5 Å². The van der Waals surface area contributed by atoms with Gasteiger partial charge in [-0.1, -0.05) is 54.5 Å². The minimum atomic E-state index is -0.863. The number of carboxylic acids is 2. The van der Waals surface area contributed by atoms with Gasteiger partial charge in [-0.05, 0) is 59.4 Å². The molecule has 0 unspecified atom stereocenters. The molecule has 1 aliphatic carbocycles. The van der Waals surface area contributed by atoms with Gasteiger partial charge in [-0.25, -0.2) is 4.79 Å². The molecule has 0 fully saturated rings. The Labute approximate surface area is 314 Å². The smallest absolute Gasteiger partial charge is 0.410 e. The molecule has 0 saturated heterocycles. The Morgan fingerprint density at radius 1 is 0.778 bits per heavy atom. The summed E-state index contributed by atoms with van der Waals surface area (Å²) in [5.41, 5.74) is 5.79. The number of hydrogen-bond acceptors (Lipinski definition) is 9. The van der Waals surface area contributed by atoms with Crippen molar-refractivity contribution >= 4 is 24.3 Å². The minimum absolute atomic E-state index is 0.0381. The summed E-state index contributed by atoms with van der Waals surface area (Å²) in [5.74, 6) is 2.86. The summed E-state index contributed by atoms with van der Waals surface area (Å²) < 4.78 is 27.3. The number of hydrogen-bond donors (Lipinski definition) is 2. The second-order valence-corrected chi connectivity index (χ2v) is 12.1. The van der Waals surface area contributed by atoms with Gasteiger partial charge in [-0.3, -0.25) is 19.3 Å². The first-order valence-electron chi connectivity index (χ1n) is 17.2. The average Bonchev–Trinajstić information content (AvgIpc) is 3.50. The number of terminal acetylenes is 1. The van der Waals surface area contributed by atoms with Gasteiger partial charge in [0.25, 0.3) is 0 Å². The Kier molecular flexibility index (Phi) is 15.3. The Morgan fingerprint density at radius 2 is 1.31 bits per heavy atom. The first-order chi connectivity index (χ1) is 26.2. The third kappa shape index (κ3) is 11.3. The molecule has 0 radical (unpaired) electrons. The van der Waals surface area contributed by atoms with Crippen LogP contribution in [0.15, 0.2) is 84.9 Å². The van der Waals surface area contributed by atoms with Crippen molar-refractivity contribution in [2.75, 3.05) is 40.6 Å². The maximum absolute atomic E-state index is 13.1. The van der Waals surface area contributed by atoms with Crippen LogP contribution in [0.5, 0.6) is 23.0 Å². The number of methoxy groups -OCH3 is 2. The van der Waals surface area contributed by atoms with Crippen LogP contribution in [0.25, 0.3) is 11.1 Å². The van der Waals surface area contributed by atoms with Gasteiger partial charge in [-0.15, -0.1) is 6.42 Å². The van der Waals surface area contributed by atoms with Gasteiger partial charge >= 0.3 is 18.0 Å². The monoisotopic (exact) mass is 737 g/mol. The van der Waals surface area contributed by atoms with Crippen LogP contribution < -0.4 is 18.9 Å². The standard InChI is InChI=1S/C30H29NO6.C12H14O5/c1-3-16-31(19-21-14-15-22(18-28(21)35-2)36-17-8-13-29(32)33)30(34)37-20-27-25-11-6-4-9-23(25)24-10-5-7-12-26(24)27;1-16-11-7-10(5-4-9(11)8-13)17-6-2-3-12(14)15/h1,4-7,9-12,14-15,18,27H,8,13,16-17,19-20H2,2H3,(H,32,33);4-5,7-8H,2-3,6H2,1H3,(H,14,15). The highest BCUT2D eigenvalue weighted by atomic mass is 16.6. The zero-order chi connectivity index (χ0) is 38.9. The molecular formula is C42H43NO11. The number of benzene rings is 4. The number of fused-ring (bicyclic) bond motifs is 3. The fourth-order valence-corrected chi connectivity index (χ4v) is 5.84. The van der Waals surface area contributed by atoms with Crippen LogP contribution in [0.3, 0.4) is 0 Å². The Hall–Kier alpha value is -6.48. The average molecular weight is 738 g/mol. The Balaban J connectivity index is 0.000000321. The van der Waals surface area contributed by atoms with Crippen molar-refractivity contribution in [1.82, 2.24) is 4.90 Å². The molecule has 0 bridgehead atoms. The SMILES string of the molecule is C#CCN(Cc1ccc(OCCCC(=O)O)cc1OC)C(=O)OCC1c2ccccc2-c2ccccc21.COc1cc(OCCCC(=O)O)ccc1C=O. The molecule has 0 saturated carbocycles. The summed E-state index contributed by atoms with van der Waals surface area (Å²) in [5, 5.41) is 17.2. The molecule has 0 spiro atoms.